The molecule has 0 unspecified atom stereocenters. The van der Waals surface area contributed by atoms with Crippen molar-refractivity contribution >= 4 is 22.4 Å². The lowest BCUT2D eigenvalue weighted by Gasteiger charge is -1.99. The predicted molar refractivity (Wildman–Crippen MR) is 63.0 cm³/mol. The lowest BCUT2D eigenvalue weighted by atomic mass is 10.2. The number of hydrogen-bond donors (Lipinski definition) is 1. The summed E-state index contributed by atoms with van der Waals surface area (Å²) in [6.45, 7) is 5.49. The van der Waals surface area contributed by atoms with Gasteiger partial charge in [0.25, 0.3) is 5.91 Å². The third kappa shape index (κ3) is 2.14. The van der Waals surface area contributed by atoms with Gasteiger partial charge in [0.2, 0.25) is 0 Å². The smallest absolute Gasteiger partial charge is 0.259 e. The normalized spacial score (nSPS) is 10.4. The molecule has 2 aromatic rings. The minimum atomic E-state index is -0.155. The molecule has 2 heterocycles. The molecule has 5 heteroatoms. The van der Waals surface area contributed by atoms with Gasteiger partial charge in [0.1, 0.15) is 16.5 Å². The van der Waals surface area contributed by atoms with E-state index in [2.05, 4.69) is 9.69 Å². The summed E-state index contributed by atoms with van der Waals surface area (Å²) in [6.07, 6.45) is 0. The fourth-order valence-corrected chi connectivity index (χ4v) is 2.11. The van der Waals surface area contributed by atoms with Gasteiger partial charge in [0.05, 0.1) is 11.3 Å². The zero-order chi connectivity index (χ0) is 11.7. The van der Waals surface area contributed by atoms with Crippen LogP contribution in [0.25, 0.3) is 0 Å². The number of nitrogens with one attached hydrogen (secondary N) is 1. The van der Waals surface area contributed by atoms with Crippen molar-refractivity contribution in [3.63, 3.8) is 0 Å². The maximum Gasteiger partial charge on any atom is 0.259 e. The molecule has 0 saturated heterocycles. The van der Waals surface area contributed by atoms with E-state index in [1.165, 1.54) is 11.5 Å². The Morgan fingerprint density at radius 1 is 1.38 bits per heavy atom. The van der Waals surface area contributed by atoms with Crippen molar-refractivity contribution in [2.45, 2.75) is 20.8 Å². The molecular formula is C11H12N2O2S. The molecule has 0 saturated carbocycles. The molecule has 0 spiro atoms. The monoisotopic (exact) mass is 236 g/mol. The zero-order valence-electron chi connectivity index (χ0n) is 9.33. The van der Waals surface area contributed by atoms with Gasteiger partial charge in [-0.25, -0.2) is 0 Å². The summed E-state index contributed by atoms with van der Waals surface area (Å²) in [4.78, 5) is 11.9. The fourth-order valence-electron chi connectivity index (χ4n) is 1.46. The maximum absolute atomic E-state index is 11.9. The SMILES string of the molecule is Cc1cc(NC(=O)c2cc(C)oc2C)sn1. The Labute approximate surface area is 97.5 Å². The molecule has 0 bridgehead atoms. The highest BCUT2D eigenvalue weighted by molar-refractivity contribution is 7.10. The number of furan rings is 1. The van der Waals surface area contributed by atoms with Crippen molar-refractivity contribution in [1.82, 2.24) is 4.37 Å². The average molecular weight is 236 g/mol. The van der Waals surface area contributed by atoms with Gasteiger partial charge in [-0.2, -0.15) is 4.37 Å². The molecule has 0 aromatic carbocycles. The van der Waals surface area contributed by atoms with E-state index in [1.54, 1.807) is 13.0 Å². The lowest BCUT2D eigenvalue weighted by Crippen LogP contribution is -2.10. The Morgan fingerprint density at radius 3 is 2.62 bits per heavy atom. The fraction of sp³-hybridized carbons (Fsp3) is 0.273. The van der Waals surface area contributed by atoms with Gasteiger partial charge in [-0.05, 0) is 44.4 Å². The predicted octanol–water partition coefficient (Wildman–Crippen LogP) is 2.91. The van der Waals surface area contributed by atoms with E-state index in [4.69, 9.17) is 4.42 Å². The summed E-state index contributed by atoms with van der Waals surface area (Å²) in [5.74, 6) is 1.22. The highest BCUT2D eigenvalue weighted by Gasteiger charge is 2.14. The number of anilines is 1. The molecule has 0 aliphatic heterocycles. The van der Waals surface area contributed by atoms with Crippen molar-refractivity contribution in [3.8, 4) is 0 Å². The van der Waals surface area contributed by atoms with Gasteiger partial charge in [-0.3, -0.25) is 4.79 Å². The topological polar surface area (TPSA) is 55.1 Å². The van der Waals surface area contributed by atoms with E-state index in [-0.39, 0.29) is 5.91 Å². The number of aryl methyl sites for hydroxylation is 3. The Morgan fingerprint density at radius 2 is 2.12 bits per heavy atom. The van der Waals surface area contributed by atoms with Crippen LogP contribution < -0.4 is 5.32 Å². The van der Waals surface area contributed by atoms with Crippen LogP contribution in [0.3, 0.4) is 0 Å². The van der Waals surface area contributed by atoms with Gasteiger partial charge < -0.3 is 9.73 Å². The number of carbonyl (C=O) groups is 1. The van der Waals surface area contributed by atoms with Crippen LogP contribution in [0.15, 0.2) is 16.5 Å². The van der Waals surface area contributed by atoms with Crippen LogP contribution in [0, 0.1) is 20.8 Å². The number of rotatable bonds is 2. The summed E-state index contributed by atoms with van der Waals surface area (Å²) in [5, 5.41) is 3.54. The Bertz CT molecular complexity index is 528. The first-order chi connectivity index (χ1) is 7.56. The van der Waals surface area contributed by atoms with E-state index in [9.17, 15) is 4.79 Å². The molecule has 84 valence electrons. The number of amides is 1. The highest BCUT2D eigenvalue weighted by atomic mass is 32.1. The number of carbonyl (C=O) groups excluding carboxylic acids is 1. The standard InChI is InChI=1S/C11H12N2O2S/c1-6-4-10(16-13-6)12-11(14)9-5-7(2)15-8(9)3/h4-5H,1-3H3,(H,12,14). The Kier molecular flexibility index (Phi) is 2.78. The Balaban J connectivity index is 2.17. The van der Waals surface area contributed by atoms with Crippen molar-refractivity contribution in [3.05, 3.63) is 34.9 Å². The van der Waals surface area contributed by atoms with Gasteiger partial charge in [-0.1, -0.05) is 0 Å². The minimum Gasteiger partial charge on any atom is -0.466 e. The first-order valence-corrected chi connectivity index (χ1v) is 5.65. The first-order valence-electron chi connectivity index (χ1n) is 4.88. The van der Waals surface area contributed by atoms with E-state index >= 15 is 0 Å². The van der Waals surface area contributed by atoms with E-state index in [0.717, 1.165) is 16.5 Å². The number of aromatic nitrogens is 1. The van der Waals surface area contributed by atoms with Gasteiger partial charge in [0.15, 0.2) is 0 Å². The number of nitrogens with zero attached hydrogens (tertiary/aromatic N) is 1. The van der Waals surface area contributed by atoms with Crippen molar-refractivity contribution < 1.29 is 9.21 Å². The molecule has 0 aliphatic carbocycles. The second kappa shape index (κ2) is 4.09. The van der Waals surface area contributed by atoms with Crippen molar-refractivity contribution in [1.29, 1.82) is 0 Å². The first kappa shape index (κ1) is 10.9. The molecule has 0 fully saturated rings. The summed E-state index contributed by atoms with van der Waals surface area (Å²) in [7, 11) is 0. The molecule has 4 nitrogen and oxygen atoms in total. The lowest BCUT2D eigenvalue weighted by molar-refractivity contribution is 0.102. The average Bonchev–Trinajstić information content (AvgIpc) is 2.73. The van der Waals surface area contributed by atoms with Crippen LogP contribution in [-0.2, 0) is 0 Å². The van der Waals surface area contributed by atoms with Crippen LogP contribution in [0.5, 0.6) is 0 Å². The van der Waals surface area contributed by atoms with Crippen LogP contribution in [0.4, 0.5) is 5.00 Å². The van der Waals surface area contributed by atoms with Crippen LogP contribution in [0.2, 0.25) is 0 Å². The van der Waals surface area contributed by atoms with Crippen LogP contribution in [-0.4, -0.2) is 10.3 Å². The molecular weight excluding hydrogens is 224 g/mol. The molecule has 0 atom stereocenters. The third-order valence-electron chi connectivity index (χ3n) is 2.15. The summed E-state index contributed by atoms with van der Waals surface area (Å²) < 4.78 is 9.40. The van der Waals surface area contributed by atoms with Gasteiger partial charge >= 0.3 is 0 Å². The van der Waals surface area contributed by atoms with Crippen LogP contribution >= 0.6 is 11.5 Å². The van der Waals surface area contributed by atoms with Gasteiger partial charge in [0, 0.05) is 0 Å². The van der Waals surface area contributed by atoms with E-state index in [1.807, 2.05) is 19.9 Å². The summed E-state index contributed by atoms with van der Waals surface area (Å²) in [6, 6.07) is 3.57. The molecule has 0 radical (unpaired) electrons. The molecule has 2 aromatic heterocycles. The molecule has 1 amide bonds. The van der Waals surface area contributed by atoms with Crippen LogP contribution in [0.1, 0.15) is 27.6 Å². The molecule has 1 N–H and O–H groups in total. The quantitative estimate of drug-likeness (QED) is 0.872. The maximum atomic E-state index is 11.9. The second-order valence-electron chi connectivity index (χ2n) is 3.61. The third-order valence-corrected chi connectivity index (χ3v) is 2.95. The zero-order valence-corrected chi connectivity index (χ0v) is 10.1. The summed E-state index contributed by atoms with van der Waals surface area (Å²) >= 11 is 1.27. The Hall–Kier alpha value is -1.62. The molecule has 0 aliphatic rings. The van der Waals surface area contributed by atoms with Crippen molar-refractivity contribution in [2.75, 3.05) is 5.32 Å². The van der Waals surface area contributed by atoms with E-state index < -0.39 is 0 Å². The van der Waals surface area contributed by atoms with Crippen molar-refractivity contribution in [2.24, 2.45) is 0 Å². The van der Waals surface area contributed by atoms with Gasteiger partial charge in [-0.15, -0.1) is 0 Å². The largest absolute Gasteiger partial charge is 0.466 e. The number of hydrogen-bond acceptors (Lipinski definition) is 4. The molecule has 2 rings (SSSR count). The summed E-state index contributed by atoms with van der Waals surface area (Å²) in [5.41, 5.74) is 1.48. The molecule has 16 heavy (non-hydrogen) atoms. The van der Waals surface area contributed by atoms with E-state index in [0.29, 0.717) is 11.3 Å². The second-order valence-corrected chi connectivity index (χ2v) is 4.42. The highest BCUT2D eigenvalue weighted by Crippen LogP contribution is 2.19. The minimum absolute atomic E-state index is 0.155.